The molecular weight excluding hydrogens is 685 g/mol. The molecule has 0 bridgehead atoms. The highest BCUT2D eigenvalue weighted by Crippen LogP contribution is 2.50. The third-order valence-corrected chi connectivity index (χ3v) is 11.4. The van der Waals surface area contributed by atoms with Crippen molar-refractivity contribution in [2.75, 3.05) is 0 Å². The number of allylic oxidation sites excluding steroid dienone is 7. The average molecular weight is 729 g/mol. The lowest BCUT2D eigenvalue weighted by Gasteiger charge is -2.35. The number of hydrogen-bond donors (Lipinski definition) is 0. The molecule has 9 rings (SSSR count). The molecule has 4 aromatic carbocycles. The number of hydrogen-bond acceptors (Lipinski definition) is 3. The lowest BCUT2D eigenvalue weighted by Crippen LogP contribution is -2.26. The summed E-state index contributed by atoms with van der Waals surface area (Å²) in [5, 5.41) is 3.27. The Morgan fingerprint density at radius 1 is 0.804 bits per heavy atom. The Morgan fingerprint density at radius 2 is 1.57 bits per heavy atom. The summed E-state index contributed by atoms with van der Waals surface area (Å²) in [7, 11) is 0. The number of benzene rings is 4. The van der Waals surface area contributed by atoms with Gasteiger partial charge in [-0.15, -0.1) is 0 Å². The molecule has 0 fully saturated rings. The predicted octanol–water partition coefficient (Wildman–Crippen LogP) is 13.7. The fraction of sp³-hybridized carbons (Fsp3) is 0.137. The normalized spacial score (nSPS) is 14.2. The third-order valence-electron chi connectivity index (χ3n) is 11.4. The van der Waals surface area contributed by atoms with Gasteiger partial charge in [0.1, 0.15) is 11.1 Å². The van der Waals surface area contributed by atoms with Gasteiger partial charge in [-0.25, -0.2) is 9.97 Å². The summed E-state index contributed by atoms with van der Waals surface area (Å²) in [6, 6.07) is 30.1. The Morgan fingerprint density at radius 3 is 2.34 bits per heavy atom. The van der Waals surface area contributed by atoms with Crippen molar-refractivity contribution in [1.82, 2.24) is 19.1 Å². The van der Waals surface area contributed by atoms with E-state index in [9.17, 15) is 0 Å². The first kappa shape index (κ1) is 35.0. The van der Waals surface area contributed by atoms with Crippen molar-refractivity contribution in [3.05, 3.63) is 168 Å². The number of rotatable bonds is 8. The molecule has 0 N–H and O–H groups in total. The number of furan rings is 1. The minimum Gasteiger partial charge on any atom is -0.454 e. The molecule has 0 saturated heterocycles. The minimum atomic E-state index is -0.282. The summed E-state index contributed by atoms with van der Waals surface area (Å²) < 4.78 is 11.2. The highest BCUT2D eigenvalue weighted by molar-refractivity contribution is 6.18. The summed E-state index contributed by atoms with van der Waals surface area (Å²) in [6.07, 6.45) is 16.3. The lowest BCUT2D eigenvalue weighted by molar-refractivity contribution is 0.630. The van der Waals surface area contributed by atoms with Gasteiger partial charge < -0.3 is 13.6 Å². The average Bonchev–Trinajstić information content (AvgIpc) is 3.83. The molecule has 0 saturated carbocycles. The zero-order chi connectivity index (χ0) is 38.9. The van der Waals surface area contributed by atoms with Crippen LogP contribution in [0, 0.1) is 6.92 Å². The molecule has 274 valence electrons. The molecule has 1 aliphatic heterocycles. The topological polar surface area (TPSA) is 48.8 Å². The van der Waals surface area contributed by atoms with E-state index < -0.39 is 0 Å². The second-order valence-electron chi connectivity index (χ2n) is 15.1. The van der Waals surface area contributed by atoms with E-state index >= 15 is 0 Å². The molecule has 0 aliphatic carbocycles. The van der Waals surface area contributed by atoms with Crippen molar-refractivity contribution in [2.24, 2.45) is 0 Å². The van der Waals surface area contributed by atoms with Crippen LogP contribution < -0.4 is 0 Å². The molecule has 1 aliphatic rings. The molecule has 0 atom stereocenters. The first-order valence-corrected chi connectivity index (χ1v) is 19.2. The van der Waals surface area contributed by atoms with Gasteiger partial charge in [0.05, 0.1) is 28.1 Å². The first-order valence-electron chi connectivity index (χ1n) is 19.2. The summed E-state index contributed by atoms with van der Waals surface area (Å²) >= 11 is 0. The van der Waals surface area contributed by atoms with E-state index in [1.807, 2.05) is 50.3 Å². The van der Waals surface area contributed by atoms with Crippen LogP contribution in [0.3, 0.4) is 0 Å². The van der Waals surface area contributed by atoms with E-state index in [2.05, 4.69) is 147 Å². The van der Waals surface area contributed by atoms with Crippen molar-refractivity contribution >= 4 is 73.4 Å². The first-order chi connectivity index (χ1) is 27.2. The smallest absolute Gasteiger partial charge is 0.161 e. The molecule has 5 heteroatoms. The van der Waals surface area contributed by atoms with Gasteiger partial charge in [0.15, 0.2) is 11.4 Å². The Hall–Kier alpha value is -6.72. The quantitative estimate of drug-likeness (QED) is 0.146. The van der Waals surface area contributed by atoms with Crippen LogP contribution in [0.25, 0.3) is 90.3 Å². The van der Waals surface area contributed by atoms with Gasteiger partial charge in [0, 0.05) is 44.1 Å². The number of fused-ring (bicyclic) bond motifs is 8. The number of nitrogens with zero attached hydrogens (tertiary/aromatic N) is 4. The van der Waals surface area contributed by atoms with Crippen LogP contribution in [-0.2, 0) is 5.41 Å². The summed E-state index contributed by atoms with van der Waals surface area (Å²) in [5.41, 5.74) is 16.7. The zero-order valence-electron chi connectivity index (χ0n) is 32.8. The second kappa shape index (κ2) is 13.2. The van der Waals surface area contributed by atoms with Gasteiger partial charge in [0.25, 0.3) is 0 Å². The zero-order valence-corrected chi connectivity index (χ0v) is 32.8. The fourth-order valence-electron chi connectivity index (χ4n) is 8.80. The van der Waals surface area contributed by atoms with E-state index in [0.717, 1.165) is 89.1 Å². The van der Waals surface area contributed by atoms with Crippen LogP contribution in [0.5, 0.6) is 0 Å². The van der Waals surface area contributed by atoms with Crippen LogP contribution >= 0.6 is 0 Å². The third kappa shape index (κ3) is 5.07. The van der Waals surface area contributed by atoms with Crippen molar-refractivity contribution in [3.63, 3.8) is 0 Å². The highest BCUT2D eigenvalue weighted by Gasteiger charge is 2.37. The predicted molar refractivity (Wildman–Crippen MR) is 238 cm³/mol. The maximum Gasteiger partial charge on any atom is 0.161 e. The van der Waals surface area contributed by atoms with E-state index in [0.29, 0.717) is 5.82 Å². The van der Waals surface area contributed by atoms with Gasteiger partial charge in [-0.3, -0.25) is 0 Å². The molecule has 0 spiro atoms. The second-order valence-corrected chi connectivity index (χ2v) is 15.1. The van der Waals surface area contributed by atoms with Crippen molar-refractivity contribution in [1.29, 1.82) is 0 Å². The van der Waals surface area contributed by atoms with Gasteiger partial charge in [-0.05, 0) is 117 Å². The molecular formula is C51H44N4O. The molecule has 56 heavy (non-hydrogen) atoms. The van der Waals surface area contributed by atoms with E-state index in [-0.39, 0.29) is 5.41 Å². The Balaban J connectivity index is 1.24. The molecule has 0 amide bonds. The van der Waals surface area contributed by atoms with Crippen molar-refractivity contribution < 1.29 is 4.42 Å². The molecule has 5 nitrogen and oxygen atoms in total. The minimum absolute atomic E-state index is 0.282. The summed E-state index contributed by atoms with van der Waals surface area (Å²) in [4.78, 5) is 10.5. The van der Waals surface area contributed by atoms with Gasteiger partial charge in [-0.1, -0.05) is 93.8 Å². The SMILES string of the molecule is C=C/C=C(\C=C/C)n1c(C=C)c(/C=C(\C)c2nc(-c3ccc4c(c3)C(C)(C)c3cccc5c6oc7ccccc7c6n-4c35)c3ccccc3n2)c(C)c1/C=C\C. The molecule has 8 aromatic rings. The van der Waals surface area contributed by atoms with Gasteiger partial charge in [0.2, 0.25) is 0 Å². The van der Waals surface area contributed by atoms with E-state index in [1.165, 1.54) is 16.6 Å². The number of aromatic nitrogens is 4. The van der Waals surface area contributed by atoms with Crippen molar-refractivity contribution in [2.45, 2.75) is 47.0 Å². The fourth-order valence-corrected chi connectivity index (χ4v) is 8.80. The molecule has 5 heterocycles. The Labute approximate surface area is 327 Å². The van der Waals surface area contributed by atoms with Gasteiger partial charge in [-0.2, -0.15) is 0 Å². The monoisotopic (exact) mass is 728 g/mol. The standard InChI is InChI=1S/C51H44N4O/c1-9-18-34(19-10-2)54-42(12-4)38(32(6)43(54)20-11-3)29-31(5)50-52-41-25-15-13-21-35(41)46(53-50)33-27-28-44-40(30-33)51(7,8)39-24-17-23-37-47(39)55(44)48-36-22-14-16-26-45(36)56-49(37)48/h9-30H,1,4H2,2-3,5-8H3/b19-10-,20-11-,31-29+,34-18+. The van der Waals surface area contributed by atoms with Crippen LogP contribution in [0.4, 0.5) is 0 Å². The van der Waals surface area contributed by atoms with Crippen LogP contribution in [0.2, 0.25) is 0 Å². The molecule has 4 aromatic heterocycles. The van der Waals surface area contributed by atoms with Crippen LogP contribution in [0.15, 0.2) is 133 Å². The molecule has 0 radical (unpaired) electrons. The summed E-state index contributed by atoms with van der Waals surface area (Å²) in [5.74, 6) is 0.685. The maximum atomic E-state index is 6.55. The van der Waals surface area contributed by atoms with Crippen molar-refractivity contribution in [3.8, 4) is 16.9 Å². The van der Waals surface area contributed by atoms with Crippen LogP contribution in [-0.4, -0.2) is 19.1 Å². The van der Waals surface area contributed by atoms with E-state index in [1.54, 1.807) is 0 Å². The van der Waals surface area contributed by atoms with E-state index in [4.69, 9.17) is 14.4 Å². The van der Waals surface area contributed by atoms with Crippen LogP contribution in [0.1, 0.15) is 74.1 Å². The largest absolute Gasteiger partial charge is 0.454 e. The lowest BCUT2D eigenvalue weighted by atomic mass is 9.74. The highest BCUT2D eigenvalue weighted by atomic mass is 16.3. The maximum absolute atomic E-state index is 6.55. The number of para-hydroxylation sites is 3. The Bertz CT molecular complexity index is 3080. The Kier molecular flexibility index (Phi) is 8.28. The summed E-state index contributed by atoms with van der Waals surface area (Å²) in [6.45, 7) is 21.2. The van der Waals surface area contributed by atoms with Gasteiger partial charge >= 0.3 is 0 Å². The molecule has 0 unspecified atom stereocenters.